The van der Waals surface area contributed by atoms with E-state index in [0.29, 0.717) is 6.42 Å². The molecule has 1 aliphatic heterocycles. The van der Waals surface area contributed by atoms with Gasteiger partial charge in [-0.1, -0.05) is 47.3 Å². The van der Waals surface area contributed by atoms with E-state index in [2.05, 4.69) is 20.8 Å². The molecule has 2 fully saturated rings. The number of benzene rings is 1. The van der Waals surface area contributed by atoms with Crippen LogP contribution in [-0.4, -0.2) is 47.9 Å². The Morgan fingerprint density at radius 2 is 1.82 bits per heavy atom. The number of halogens is 1. The zero-order valence-electron chi connectivity index (χ0n) is 13.1. The smallest absolute Gasteiger partial charge is 0.227 e. The Hall–Kier alpha value is -0.870. The van der Waals surface area contributed by atoms with Gasteiger partial charge in [0.05, 0.1) is 6.42 Å². The summed E-state index contributed by atoms with van der Waals surface area (Å²) in [6, 6.07) is 8.83. The molecule has 0 aromatic heterocycles. The summed E-state index contributed by atoms with van der Waals surface area (Å²) in [5, 5.41) is 0. The molecular formula is C18H25BrN2O. The first-order valence-corrected chi connectivity index (χ1v) is 9.28. The summed E-state index contributed by atoms with van der Waals surface area (Å²) in [7, 11) is 0. The molecule has 1 aromatic rings. The van der Waals surface area contributed by atoms with Crippen molar-refractivity contribution in [2.45, 2.75) is 44.6 Å². The van der Waals surface area contributed by atoms with Crippen molar-refractivity contribution in [1.29, 1.82) is 0 Å². The minimum Gasteiger partial charge on any atom is -0.340 e. The third kappa shape index (κ3) is 4.11. The van der Waals surface area contributed by atoms with Gasteiger partial charge in [-0.2, -0.15) is 0 Å². The molecule has 3 rings (SSSR count). The number of amides is 1. The van der Waals surface area contributed by atoms with E-state index in [1.54, 1.807) is 0 Å². The van der Waals surface area contributed by atoms with Gasteiger partial charge < -0.3 is 4.90 Å². The van der Waals surface area contributed by atoms with Gasteiger partial charge in [-0.3, -0.25) is 9.69 Å². The van der Waals surface area contributed by atoms with Crippen LogP contribution in [0.4, 0.5) is 0 Å². The van der Waals surface area contributed by atoms with Gasteiger partial charge >= 0.3 is 0 Å². The van der Waals surface area contributed by atoms with Crippen molar-refractivity contribution in [3.8, 4) is 0 Å². The van der Waals surface area contributed by atoms with E-state index in [1.165, 1.54) is 32.1 Å². The lowest BCUT2D eigenvalue weighted by atomic mass is 9.94. The summed E-state index contributed by atoms with van der Waals surface area (Å²) >= 11 is 3.47. The highest BCUT2D eigenvalue weighted by Gasteiger charge is 2.26. The Labute approximate surface area is 141 Å². The molecule has 1 saturated carbocycles. The molecule has 1 aliphatic carbocycles. The van der Waals surface area contributed by atoms with E-state index >= 15 is 0 Å². The van der Waals surface area contributed by atoms with Crippen LogP contribution in [0.25, 0.3) is 0 Å². The van der Waals surface area contributed by atoms with Crippen molar-refractivity contribution in [3.05, 3.63) is 34.3 Å². The van der Waals surface area contributed by atoms with Crippen LogP contribution in [0.2, 0.25) is 0 Å². The normalized spacial score (nSPS) is 21.0. The fraction of sp³-hybridized carbons (Fsp3) is 0.611. The van der Waals surface area contributed by atoms with Crippen LogP contribution in [-0.2, 0) is 11.2 Å². The predicted octanol–water partition coefficient (Wildman–Crippen LogP) is 3.47. The molecule has 2 aliphatic rings. The third-order valence-corrected chi connectivity index (χ3v) is 5.50. The second-order valence-electron chi connectivity index (χ2n) is 6.52. The van der Waals surface area contributed by atoms with Crippen molar-refractivity contribution >= 4 is 21.8 Å². The zero-order chi connectivity index (χ0) is 15.4. The van der Waals surface area contributed by atoms with Crippen LogP contribution in [0.3, 0.4) is 0 Å². The van der Waals surface area contributed by atoms with Crippen molar-refractivity contribution < 1.29 is 4.79 Å². The molecule has 0 radical (unpaired) electrons. The van der Waals surface area contributed by atoms with Crippen LogP contribution in [0, 0.1) is 0 Å². The van der Waals surface area contributed by atoms with Gasteiger partial charge in [-0.15, -0.1) is 0 Å². The number of hydrogen-bond acceptors (Lipinski definition) is 2. The standard InChI is InChI=1S/C18H25BrN2O/c19-16-6-4-5-15(13-16)14-18(22)21-11-9-20(10-12-21)17-7-2-1-3-8-17/h4-6,13,17H,1-3,7-12,14H2. The highest BCUT2D eigenvalue weighted by molar-refractivity contribution is 9.10. The van der Waals surface area contributed by atoms with Gasteiger partial charge in [0.1, 0.15) is 0 Å². The Kier molecular flexibility index (Phi) is 5.53. The monoisotopic (exact) mass is 364 g/mol. The Bertz CT molecular complexity index is 506. The van der Waals surface area contributed by atoms with E-state index in [-0.39, 0.29) is 5.91 Å². The molecule has 0 N–H and O–H groups in total. The molecule has 3 nitrogen and oxygen atoms in total. The van der Waals surface area contributed by atoms with Crippen LogP contribution in [0.1, 0.15) is 37.7 Å². The number of rotatable bonds is 3. The van der Waals surface area contributed by atoms with Crippen molar-refractivity contribution in [2.75, 3.05) is 26.2 Å². The third-order valence-electron chi connectivity index (χ3n) is 5.00. The minimum atomic E-state index is 0.265. The lowest BCUT2D eigenvalue weighted by molar-refractivity contribution is -0.132. The van der Waals surface area contributed by atoms with Crippen LogP contribution < -0.4 is 0 Å². The summed E-state index contributed by atoms with van der Waals surface area (Å²) in [6.45, 7) is 3.89. The van der Waals surface area contributed by atoms with E-state index in [4.69, 9.17) is 0 Å². The Morgan fingerprint density at radius 1 is 1.09 bits per heavy atom. The average molecular weight is 365 g/mol. The van der Waals surface area contributed by atoms with Gasteiger partial charge in [-0.05, 0) is 30.5 Å². The highest BCUT2D eigenvalue weighted by atomic mass is 79.9. The maximum Gasteiger partial charge on any atom is 0.227 e. The quantitative estimate of drug-likeness (QED) is 0.819. The molecule has 1 heterocycles. The van der Waals surface area contributed by atoms with Gasteiger partial charge in [0.2, 0.25) is 5.91 Å². The lowest BCUT2D eigenvalue weighted by Gasteiger charge is -2.40. The number of hydrogen-bond donors (Lipinski definition) is 0. The second-order valence-corrected chi connectivity index (χ2v) is 7.43. The molecule has 120 valence electrons. The van der Waals surface area contributed by atoms with Gasteiger partial charge in [0.25, 0.3) is 0 Å². The summed E-state index contributed by atoms with van der Waals surface area (Å²) in [5.74, 6) is 0.265. The van der Waals surface area contributed by atoms with Gasteiger partial charge in [0, 0.05) is 36.7 Å². The average Bonchev–Trinajstić information content (AvgIpc) is 2.56. The van der Waals surface area contributed by atoms with E-state index in [0.717, 1.165) is 42.3 Å². The summed E-state index contributed by atoms with van der Waals surface area (Å²) in [5.41, 5.74) is 1.09. The Balaban J connectivity index is 1.49. The van der Waals surface area contributed by atoms with E-state index in [9.17, 15) is 4.79 Å². The fourth-order valence-electron chi connectivity index (χ4n) is 3.72. The Morgan fingerprint density at radius 3 is 2.50 bits per heavy atom. The van der Waals surface area contributed by atoms with Crippen molar-refractivity contribution in [1.82, 2.24) is 9.80 Å². The molecule has 22 heavy (non-hydrogen) atoms. The molecule has 0 bridgehead atoms. The minimum absolute atomic E-state index is 0.265. The predicted molar refractivity (Wildman–Crippen MR) is 92.9 cm³/mol. The molecule has 4 heteroatoms. The number of carbonyl (C=O) groups excluding carboxylic acids is 1. The molecule has 1 saturated heterocycles. The first-order chi connectivity index (χ1) is 10.7. The number of piperazine rings is 1. The van der Waals surface area contributed by atoms with Gasteiger partial charge in [0.15, 0.2) is 0 Å². The highest BCUT2D eigenvalue weighted by Crippen LogP contribution is 2.23. The lowest BCUT2D eigenvalue weighted by Crippen LogP contribution is -2.52. The first-order valence-electron chi connectivity index (χ1n) is 8.48. The number of carbonyl (C=O) groups is 1. The van der Waals surface area contributed by atoms with E-state index < -0.39 is 0 Å². The molecule has 1 amide bonds. The second kappa shape index (κ2) is 7.60. The molecule has 0 atom stereocenters. The molecular weight excluding hydrogens is 340 g/mol. The van der Waals surface area contributed by atoms with Crippen LogP contribution >= 0.6 is 15.9 Å². The summed E-state index contributed by atoms with van der Waals surface area (Å²) in [4.78, 5) is 17.1. The van der Waals surface area contributed by atoms with Crippen molar-refractivity contribution in [2.24, 2.45) is 0 Å². The zero-order valence-corrected chi connectivity index (χ0v) is 14.7. The molecule has 0 unspecified atom stereocenters. The fourth-order valence-corrected chi connectivity index (χ4v) is 4.16. The SMILES string of the molecule is O=C(Cc1cccc(Br)c1)N1CCN(C2CCCCC2)CC1. The van der Waals surface area contributed by atoms with Gasteiger partial charge in [-0.25, -0.2) is 0 Å². The maximum absolute atomic E-state index is 12.5. The number of nitrogens with zero attached hydrogens (tertiary/aromatic N) is 2. The van der Waals surface area contributed by atoms with E-state index in [1.807, 2.05) is 29.2 Å². The van der Waals surface area contributed by atoms with Crippen LogP contribution in [0.15, 0.2) is 28.7 Å². The first kappa shape index (κ1) is 16.0. The molecule has 0 spiro atoms. The summed E-state index contributed by atoms with van der Waals surface area (Å²) in [6.07, 6.45) is 7.39. The maximum atomic E-state index is 12.5. The van der Waals surface area contributed by atoms with Crippen molar-refractivity contribution in [3.63, 3.8) is 0 Å². The molecule has 1 aromatic carbocycles. The van der Waals surface area contributed by atoms with Crippen LogP contribution in [0.5, 0.6) is 0 Å². The topological polar surface area (TPSA) is 23.6 Å². The summed E-state index contributed by atoms with van der Waals surface area (Å²) < 4.78 is 1.04. The largest absolute Gasteiger partial charge is 0.340 e.